The highest BCUT2D eigenvalue weighted by Crippen LogP contribution is 2.23. The van der Waals surface area contributed by atoms with Crippen LogP contribution >= 0.6 is 11.3 Å². The number of rotatable bonds is 4. The Morgan fingerprint density at radius 2 is 1.92 bits per heavy atom. The molecule has 5 heteroatoms. The zero-order valence-corrected chi connectivity index (χ0v) is 16.2. The maximum absolute atomic E-state index is 12.9. The molecule has 1 aromatic carbocycles. The van der Waals surface area contributed by atoms with Gasteiger partial charge in [-0.1, -0.05) is 30.3 Å². The molecule has 0 bridgehead atoms. The third-order valence-electron chi connectivity index (χ3n) is 5.68. The van der Waals surface area contributed by atoms with E-state index in [0.29, 0.717) is 6.04 Å². The molecule has 2 aromatic rings. The van der Waals surface area contributed by atoms with Crippen LogP contribution in [0.15, 0.2) is 41.8 Å². The number of nitrogens with one attached hydrogen (secondary N) is 1. The average molecular weight is 370 g/mol. The molecule has 0 spiro atoms. The second kappa shape index (κ2) is 7.91. The van der Waals surface area contributed by atoms with E-state index in [1.165, 1.54) is 16.0 Å². The fourth-order valence-electron chi connectivity index (χ4n) is 4.10. The first-order valence-corrected chi connectivity index (χ1v) is 10.4. The van der Waals surface area contributed by atoms with E-state index in [9.17, 15) is 4.79 Å². The summed E-state index contributed by atoms with van der Waals surface area (Å²) < 4.78 is 0. The van der Waals surface area contributed by atoms with E-state index in [1.807, 2.05) is 11.3 Å². The Morgan fingerprint density at radius 3 is 2.65 bits per heavy atom. The fraction of sp³-hybridized carbons (Fsp3) is 0.476. The maximum atomic E-state index is 12.9. The molecule has 26 heavy (non-hydrogen) atoms. The molecule has 2 aliphatic heterocycles. The van der Waals surface area contributed by atoms with E-state index in [1.54, 1.807) is 0 Å². The summed E-state index contributed by atoms with van der Waals surface area (Å²) in [6.07, 6.45) is 2.91. The van der Waals surface area contributed by atoms with Gasteiger partial charge in [0, 0.05) is 37.1 Å². The minimum atomic E-state index is -0.0472. The van der Waals surface area contributed by atoms with Gasteiger partial charge in [-0.15, -0.1) is 11.3 Å². The predicted octanol–water partition coefficient (Wildman–Crippen LogP) is 2.89. The van der Waals surface area contributed by atoms with Gasteiger partial charge in [0.1, 0.15) is 0 Å². The third-order valence-corrected chi connectivity index (χ3v) is 6.54. The molecule has 1 saturated heterocycles. The second-order valence-electron chi connectivity index (χ2n) is 7.54. The van der Waals surface area contributed by atoms with Crippen LogP contribution in [0.25, 0.3) is 0 Å². The zero-order chi connectivity index (χ0) is 17.9. The Balaban J connectivity index is 1.29. The second-order valence-corrected chi connectivity index (χ2v) is 8.57. The van der Waals surface area contributed by atoms with Crippen LogP contribution in [0, 0.1) is 0 Å². The van der Waals surface area contributed by atoms with Gasteiger partial charge in [-0.05, 0) is 48.9 Å². The molecule has 1 amide bonds. The summed E-state index contributed by atoms with van der Waals surface area (Å²) in [6.45, 7) is 4.02. The standard InChI is InChI=1S/C21H27N3OS/c1-23-14-17-6-3-2-5-16(17)13-20(23)21(25)22-18-8-10-24(11-9-18)15-19-7-4-12-26-19/h2-7,12,18,20H,8-11,13-15H2,1H3,(H,22,25). The van der Waals surface area contributed by atoms with Crippen LogP contribution in [0.1, 0.15) is 28.8 Å². The molecule has 4 rings (SSSR count). The first-order chi connectivity index (χ1) is 12.7. The van der Waals surface area contributed by atoms with Crippen molar-refractivity contribution < 1.29 is 4.79 Å². The highest BCUT2D eigenvalue weighted by molar-refractivity contribution is 7.09. The number of hydrogen-bond donors (Lipinski definition) is 1. The number of amides is 1. The van der Waals surface area contributed by atoms with Crippen molar-refractivity contribution >= 4 is 17.2 Å². The van der Waals surface area contributed by atoms with E-state index in [4.69, 9.17) is 0 Å². The lowest BCUT2D eigenvalue weighted by molar-refractivity contribution is -0.127. The van der Waals surface area contributed by atoms with Crippen LogP contribution in [0.2, 0.25) is 0 Å². The number of fused-ring (bicyclic) bond motifs is 1. The number of carbonyl (C=O) groups excluding carboxylic acids is 1. The highest BCUT2D eigenvalue weighted by atomic mass is 32.1. The zero-order valence-electron chi connectivity index (χ0n) is 15.4. The van der Waals surface area contributed by atoms with Crippen molar-refractivity contribution in [2.45, 2.75) is 44.4 Å². The largest absolute Gasteiger partial charge is 0.352 e. The van der Waals surface area contributed by atoms with Crippen LogP contribution in [-0.2, 0) is 24.3 Å². The van der Waals surface area contributed by atoms with Gasteiger partial charge >= 0.3 is 0 Å². The molecule has 0 saturated carbocycles. The number of piperidine rings is 1. The lowest BCUT2D eigenvalue weighted by Gasteiger charge is -2.36. The smallest absolute Gasteiger partial charge is 0.237 e. The molecular formula is C21H27N3OS. The molecule has 4 nitrogen and oxygen atoms in total. The van der Waals surface area contributed by atoms with E-state index in [2.05, 4.69) is 63.9 Å². The van der Waals surface area contributed by atoms with Gasteiger partial charge in [0.05, 0.1) is 6.04 Å². The normalized spacial score (nSPS) is 22.1. The van der Waals surface area contributed by atoms with Crippen molar-refractivity contribution in [1.29, 1.82) is 0 Å². The van der Waals surface area contributed by atoms with Crippen molar-refractivity contribution in [3.63, 3.8) is 0 Å². The molecule has 1 fully saturated rings. The summed E-state index contributed by atoms with van der Waals surface area (Å²) in [5.41, 5.74) is 2.66. The number of likely N-dealkylation sites (N-methyl/N-ethyl adjacent to an activating group) is 1. The van der Waals surface area contributed by atoms with Gasteiger partial charge in [0.15, 0.2) is 0 Å². The van der Waals surface area contributed by atoms with Crippen molar-refractivity contribution in [2.24, 2.45) is 0 Å². The maximum Gasteiger partial charge on any atom is 0.237 e. The van der Waals surface area contributed by atoms with Gasteiger partial charge in [-0.2, -0.15) is 0 Å². The van der Waals surface area contributed by atoms with Crippen LogP contribution in [-0.4, -0.2) is 47.9 Å². The Labute approximate surface area is 159 Å². The fourth-order valence-corrected chi connectivity index (χ4v) is 4.85. The Bertz CT molecular complexity index is 737. The number of benzene rings is 1. The Morgan fingerprint density at radius 1 is 1.15 bits per heavy atom. The minimum absolute atomic E-state index is 0.0472. The third kappa shape index (κ3) is 4.00. The lowest BCUT2D eigenvalue weighted by Crippen LogP contribution is -2.53. The number of nitrogens with zero attached hydrogens (tertiary/aromatic N) is 2. The topological polar surface area (TPSA) is 35.6 Å². The lowest BCUT2D eigenvalue weighted by atomic mass is 9.93. The van der Waals surface area contributed by atoms with Gasteiger partial charge in [-0.25, -0.2) is 0 Å². The summed E-state index contributed by atoms with van der Waals surface area (Å²) in [5, 5.41) is 5.46. The highest BCUT2D eigenvalue weighted by Gasteiger charge is 2.31. The number of carbonyl (C=O) groups is 1. The molecule has 0 radical (unpaired) electrons. The van der Waals surface area contributed by atoms with Crippen molar-refractivity contribution in [3.05, 3.63) is 57.8 Å². The van der Waals surface area contributed by atoms with Crippen LogP contribution < -0.4 is 5.32 Å². The van der Waals surface area contributed by atoms with Gasteiger partial charge in [0.2, 0.25) is 5.91 Å². The molecule has 0 aliphatic carbocycles. The molecule has 1 unspecified atom stereocenters. The van der Waals surface area contributed by atoms with E-state index < -0.39 is 0 Å². The van der Waals surface area contributed by atoms with Crippen molar-refractivity contribution in [1.82, 2.24) is 15.1 Å². The van der Waals surface area contributed by atoms with Gasteiger partial charge in [0.25, 0.3) is 0 Å². The number of likely N-dealkylation sites (tertiary alicyclic amines) is 1. The van der Waals surface area contributed by atoms with E-state index in [0.717, 1.165) is 45.4 Å². The van der Waals surface area contributed by atoms with Crippen LogP contribution in [0.4, 0.5) is 0 Å². The molecule has 1 atom stereocenters. The monoisotopic (exact) mass is 369 g/mol. The average Bonchev–Trinajstić information content (AvgIpc) is 3.16. The predicted molar refractivity (Wildman–Crippen MR) is 106 cm³/mol. The summed E-state index contributed by atoms with van der Waals surface area (Å²) in [4.78, 5) is 19.0. The molecule has 2 aliphatic rings. The SMILES string of the molecule is CN1Cc2ccccc2CC1C(=O)NC1CCN(Cc2cccs2)CC1. The molecule has 1 aromatic heterocycles. The summed E-state index contributed by atoms with van der Waals surface area (Å²) in [6, 6.07) is 13.1. The van der Waals surface area contributed by atoms with Gasteiger partial charge < -0.3 is 5.32 Å². The molecule has 138 valence electrons. The summed E-state index contributed by atoms with van der Waals surface area (Å²) in [7, 11) is 2.06. The Hall–Kier alpha value is -1.69. The van der Waals surface area contributed by atoms with Gasteiger partial charge in [-0.3, -0.25) is 14.6 Å². The first kappa shape index (κ1) is 17.7. The quantitative estimate of drug-likeness (QED) is 0.900. The molecular weight excluding hydrogens is 342 g/mol. The molecule has 3 heterocycles. The van der Waals surface area contributed by atoms with E-state index in [-0.39, 0.29) is 11.9 Å². The number of thiophene rings is 1. The van der Waals surface area contributed by atoms with Crippen LogP contribution in [0.3, 0.4) is 0 Å². The first-order valence-electron chi connectivity index (χ1n) is 9.51. The number of hydrogen-bond acceptors (Lipinski definition) is 4. The van der Waals surface area contributed by atoms with Crippen molar-refractivity contribution in [2.75, 3.05) is 20.1 Å². The Kier molecular flexibility index (Phi) is 5.38. The molecule has 1 N–H and O–H groups in total. The van der Waals surface area contributed by atoms with Crippen molar-refractivity contribution in [3.8, 4) is 0 Å². The summed E-state index contributed by atoms with van der Waals surface area (Å²) in [5.74, 6) is 0.193. The van der Waals surface area contributed by atoms with Crippen LogP contribution in [0.5, 0.6) is 0 Å². The van der Waals surface area contributed by atoms with E-state index >= 15 is 0 Å². The minimum Gasteiger partial charge on any atom is -0.352 e. The summed E-state index contributed by atoms with van der Waals surface area (Å²) >= 11 is 1.82.